The highest BCUT2D eigenvalue weighted by atomic mass is 35.5. The van der Waals surface area contributed by atoms with Gasteiger partial charge in [0, 0.05) is 18.1 Å². The van der Waals surface area contributed by atoms with Crippen LogP contribution in [0, 0.1) is 11.7 Å². The van der Waals surface area contributed by atoms with Gasteiger partial charge in [0.2, 0.25) is 0 Å². The lowest BCUT2D eigenvalue weighted by molar-refractivity contribution is 0.171. The number of benzene rings is 1. The molecule has 1 saturated heterocycles. The molecule has 2 rings (SSSR count). The quantitative estimate of drug-likeness (QED) is 0.928. The van der Waals surface area contributed by atoms with E-state index >= 15 is 0 Å². The van der Waals surface area contributed by atoms with Gasteiger partial charge in [0.15, 0.2) is 0 Å². The smallest absolute Gasteiger partial charge is 0.124 e. The predicted molar refractivity (Wildman–Crippen MR) is 75.7 cm³/mol. The van der Waals surface area contributed by atoms with Crippen molar-refractivity contribution >= 4 is 24.0 Å². The van der Waals surface area contributed by atoms with Crippen LogP contribution in [0.5, 0.6) is 0 Å². The number of nitrogens with zero attached hydrogens (tertiary/aromatic N) is 1. The summed E-state index contributed by atoms with van der Waals surface area (Å²) in [5, 5.41) is 0.514. The predicted octanol–water partition coefficient (Wildman–Crippen LogP) is 3.07. The van der Waals surface area contributed by atoms with Gasteiger partial charge in [-0.1, -0.05) is 17.7 Å². The lowest BCUT2D eigenvalue weighted by atomic mass is 9.98. The minimum atomic E-state index is -0.280. The maximum Gasteiger partial charge on any atom is 0.124 e. The Morgan fingerprint density at radius 1 is 1.44 bits per heavy atom. The van der Waals surface area contributed by atoms with Crippen molar-refractivity contribution in [2.75, 3.05) is 19.6 Å². The SMILES string of the molecule is Cl.NCC1CCCN(Cc2ccc(F)cc2Cl)C1. The van der Waals surface area contributed by atoms with Crippen LogP contribution in [0.15, 0.2) is 18.2 Å². The minimum Gasteiger partial charge on any atom is -0.330 e. The van der Waals surface area contributed by atoms with E-state index in [9.17, 15) is 4.39 Å². The summed E-state index contributed by atoms with van der Waals surface area (Å²) in [6.07, 6.45) is 2.39. The summed E-state index contributed by atoms with van der Waals surface area (Å²) in [5.74, 6) is 0.306. The molecular formula is C13H19Cl2FN2. The Bertz CT molecular complexity index is 387. The van der Waals surface area contributed by atoms with Gasteiger partial charge in [0.1, 0.15) is 5.82 Å². The van der Waals surface area contributed by atoms with Crippen molar-refractivity contribution in [1.82, 2.24) is 4.90 Å². The minimum absolute atomic E-state index is 0. The standard InChI is InChI=1S/C13H18ClFN2.ClH/c14-13-6-12(15)4-3-11(13)9-17-5-1-2-10(7-16)8-17;/h3-4,6,10H,1-2,5,7-9,16H2;1H. The molecule has 1 unspecified atom stereocenters. The van der Waals surface area contributed by atoms with E-state index in [1.807, 2.05) is 0 Å². The largest absolute Gasteiger partial charge is 0.330 e. The molecule has 0 aliphatic carbocycles. The summed E-state index contributed by atoms with van der Waals surface area (Å²) in [5.41, 5.74) is 6.70. The third-order valence-electron chi connectivity index (χ3n) is 3.35. The summed E-state index contributed by atoms with van der Waals surface area (Å²) in [6.45, 7) is 3.62. The first-order valence-corrected chi connectivity index (χ1v) is 6.43. The van der Waals surface area contributed by atoms with Crippen molar-refractivity contribution in [1.29, 1.82) is 0 Å². The highest BCUT2D eigenvalue weighted by Gasteiger charge is 2.19. The highest BCUT2D eigenvalue weighted by molar-refractivity contribution is 6.31. The van der Waals surface area contributed by atoms with Crippen molar-refractivity contribution < 1.29 is 4.39 Å². The number of likely N-dealkylation sites (tertiary alicyclic amines) is 1. The van der Waals surface area contributed by atoms with Gasteiger partial charge < -0.3 is 5.73 Å². The van der Waals surface area contributed by atoms with E-state index in [2.05, 4.69) is 4.90 Å². The normalized spacial score (nSPS) is 20.5. The fraction of sp³-hybridized carbons (Fsp3) is 0.538. The van der Waals surface area contributed by atoms with Crippen LogP contribution in [0.2, 0.25) is 5.02 Å². The maximum absolute atomic E-state index is 12.9. The Balaban J connectivity index is 0.00000162. The number of piperidine rings is 1. The molecule has 0 aromatic heterocycles. The van der Waals surface area contributed by atoms with E-state index in [1.165, 1.54) is 25.0 Å². The molecule has 18 heavy (non-hydrogen) atoms. The van der Waals surface area contributed by atoms with Crippen LogP contribution in [0.3, 0.4) is 0 Å². The van der Waals surface area contributed by atoms with Crippen molar-refractivity contribution in [3.8, 4) is 0 Å². The average Bonchev–Trinajstić information content (AvgIpc) is 2.33. The molecule has 1 atom stereocenters. The van der Waals surface area contributed by atoms with Gasteiger partial charge in [-0.05, 0) is 49.5 Å². The third-order valence-corrected chi connectivity index (χ3v) is 3.70. The number of hydrogen-bond donors (Lipinski definition) is 1. The molecule has 1 fully saturated rings. The molecule has 102 valence electrons. The second-order valence-electron chi connectivity index (χ2n) is 4.71. The summed E-state index contributed by atoms with van der Waals surface area (Å²) >= 11 is 6.03. The molecule has 0 amide bonds. The van der Waals surface area contributed by atoms with Gasteiger partial charge in [-0.25, -0.2) is 4.39 Å². The summed E-state index contributed by atoms with van der Waals surface area (Å²) in [4.78, 5) is 2.35. The van der Waals surface area contributed by atoms with E-state index in [-0.39, 0.29) is 18.2 Å². The Hall–Kier alpha value is -0.350. The molecular weight excluding hydrogens is 274 g/mol. The zero-order valence-corrected chi connectivity index (χ0v) is 11.8. The van der Waals surface area contributed by atoms with Crippen LogP contribution in [0.4, 0.5) is 4.39 Å². The van der Waals surface area contributed by atoms with Crippen LogP contribution in [-0.2, 0) is 6.54 Å². The van der Waals surface area contributed by atoms with Gasteiger partial charge >= 0.3 is 0 Å². The fourth-order valence-electron chi connectivity index (χ4n) is 2.38. The maximum atomic E-state index is 12.9. The summed E-state index contributed by atoms with van der Waals surface area (Å²) < 4.78 is 12.9. The van der Waals surface area contributed by atoms with E-state index in [4.69, 9.17) is 17.3 Å². The van der Waals surface area contributed by atoms with E-state index in [0.717, 1.165) is 31.7 Å². The first kappa shape index (κ1) is 15.7. The third kappa shape index (κ3) is 4.09. The van der Waals surface area contributed by atoms with Crippen molar-refractivity contribution in [3.05, 3.63) is 34.6 Å². The summed E-state index contributed by atoms with van der Waals surface area (Å²) in [6, 6.07) is 4.61. The molecule has 1 aromatic carbocycles. The number of hydrogen-bond acceptors (Lipinski definition) is 2. The first-order chi connectivity index (χ1) is 8.19. The Morgan fingerprint density at radius 3 is 2.89 bits per heavy atom. The molecule has 1 aromatic rings. The lowest BCUT2D eigenvalue weighted by Crippen LogP contribution is -2.37. The lowest BCUT2D eigenvalue weighted by Gasteiger charge is -2.32. The van der Waals surface area contributed by atoms with Gasteiger partial charge in [-0.15, -0.1) is 12.4 Å². The Labute approximate surface area is 119 Å². The number of nitrogens with two attached hydrogens (primary N) is 1. The zero-order chi connectivity index (χ0) is 12.3. The van der Waals surface area contributed by atoms with E-state index < -0.39 is 0 Å². The molecule has 1 aliphatic rings. The van der Waals surface area contributed by atoms with Crippen molar-refractivity contribution in [2.24, 2.45) is 11.7 Å². The van der Waals surface area contributed by atoms with Crippen LogP contribution >= 0.6 is 24.0 Å². The second kappa shape index (κ2) is 7.29. The average molecular weight is 293 g/mol. The van der Waals surface area contributed by atoms with Crippen LogP contribution in [0.25, 0.3) is 0 Å². The number of rotatable bonds is 3. The monoisotopic (exact) mass is 292 g/mol. The van der Waals surface area contributed by atoms with Crippen LogP contribution in [0.1, 0.15) is 18.4 Å². The Morgan fingerprint density at radius 2 is 2.22 bits per heavy atom. The molecule has 0 saturated carbocycles. The molecule has 2 nitrogen and oxygen atoms in total. The van der Waals surface area contributed by atoms with Gasteiger partial charge in [0.05, 0.1) is 0 Å². The molecule has 2 N–H and O–H groups in total. The fourth-order valence-corrected chi connectivity index (χ4v) is 2.61. The molecule has 0 spiro atoms. The van der Waals surface area contributed by atoms with Gasteiger partial charge in [-0.3, -0.25) is 4.90 Å². The van der Waals surface area contributed by atoms with E-state index in [0.29, 0.717) is 10.9 Å². The van der Waals surface area contributed by atoms with Crippen LogP contribution < -0.4 is 5.73 Å². The highest BCUT2D eigenvalue weighted by Crippen LogP contribution is 2.22. The molecule has 1 heterocycles. The molecule has 0 radical (unpaired) electrons. The van der Waals surface area contributed by atoms with Crippen molar-refractivity contribution in [3.63, 3.8) is 0 Å². The number of halogens is 3. The summed E-state index contributed by atoms with van der Waals surface area (Å²) in [7, 11) is 0. The topological polar surface area (TPSA) is 29.3 Å². The Kier molecular flexibility index (Phi) is 6.36. The molecule has 5 heteroatoms. The zero-order valence-electron chi connectivity index (χ0n) is 10.2. The molecule has 0 bridgehead atoms. The first-order valence-electron chi connectivity index (χ1n) is 6.05. The second-order valence-corrected chi connectivity index (χ2v) is 5.12. The van der Waals surface area contributed by atoms with Gasteiger partial charge in [-0.2, -0.15) is 0 Å². The van der Waals surface area contributed by atoms with E-state index in [1.54, 1.807) is 6.07 Å². The van der Waals surface area contributed by atoms with Crippen molar-refractivity contribution in [2.45, 2.75) is 19.4 Å². The van der Waals surface area contributed by atoms with Crippen LogP contribution in [-0.4, -0.2) is 24.5 Å². The van der Waals surface area contributed by atoms with Gasteiger partial charge in [0.25, 0.3) is 0 Å². The molecule has 1 aliphatic heterocycles.